The molecule has 12 nitrogen and oxygen atoms in total. The summed E-state index contributed by atoms with van der Waals surface area (Å²) >= 11 is 5.90. The van der Waals surface area contributed by atoms with Crippen LogP contribution in [0.2, 0.25) is 5.02 Å². The van der Waals surface area contributed by atoms with E-state index in [-0.39, 0.29) is 30.5 Å². The molecular weight excluding hydrogens is 564 g/mol. The number of nitrogens with zero attached hydrogens (tertiary/aromatic N) is 4. The summed E-state index contributed by atoms with van der Waals surface area (Å²) in [5.41, 5.74) is -0.699. The fourth-order valence-electron chi connectivity index (χ4n) is 5.51. The van der Waals surface area contributed by atoms with Crippen molar-refractivity contribution in [1.29, 1.82) is 0 Å². The molecule has 2 aromatic rings. The SMILES string of the molecule is CC(C)(C)[C@H](NC(=O)[C@@H](NC(=O)c1cnccn1)C1CCCCC1)C(=O)N1C[C@H](Oc2ccc(Cl)cn2)C[C@H]1C(=O)O. The van der Waals surface area contributed by atoms with Crippen LogP contribution >= 0.6 is 11.6 Å². The number of aromatic nitrogens is 3. The highest BCUT2D eigenvalue weighted by atomic mass is 35.5. The number of pyridine rings is 1. The third kappa shape index (κ3) is 7.72. The molecule has 13 heteroatoms. The second-order valence-electron chi connectivity index (χ2n) is 11.9. The van der Waals surface area contributed by atoms with E-state index in [1.165, 1.54) is 29.7 Å². The van der Waals surface area contributed by atoms with Crippen LogP contribution in [0, 0.1) is 11.3 Å². The number of likely N-dealkylation sites (tertiary alicyclic amines) is 1. The highest BCUT2D eigenvalue weighted by Crippen LogP contribution is 2.30. The Morgan fingerprint density at radius 3 is 2.38 bits per heavy atom. The number of hydrogen-bond acceptors (Lipinski definition) is 8. The van der Waals surface area contributed by atoms with Gasteiger partial charge < -0.3 is 25.4 Å². The number of halogens is 1. The minimum atomic E-state index is -1.17. The first kappa shape index (κ1) is 31.1. The van der Waals surface area contributed by atoms with Crippen LogP contribution in [0.4, 0.5) is 0 Å². The van der Waals surface area contributed by atoms with E-state index in [1.54, 1.807) is 32.9 Å². The first-order valence-corrected chi connectivity index (χ1v) is 14.5. The van der Waals surface area contributed by atoms with Crippen molar-refractivity contribution in [2.24, 2.45) is 11.3 Å². The van der Waals surface area contributed by atoms with Gasteiger partial charge in [0.1, 0.15) is 29.9 Å². The quantitative estimate of drug-likeness (QED) is 0.392. The van der Waals surface area contributed by atoms with Gasteiger partial charge in [-0.3, -0.25) is 19.4 Å². The number of carboxylic acids is 1. The number of hydrogen-bond donors (Lipinski definition) is 3. The van der Waals surface area contributed by atoms with Crippen LogP contribution in [0.5, 0.6) is 5.88 Å². The number of rotatable bonds is 9. The Labute approximate surface area is 249 Å². The summed E-state index contributed by atoms with van der Waals surface area (Å²) < 4.78 is 5.87. The molecule has 1 saturated heterocycles. The van der Waals surface area contributed by atoms with E-state index in [4.69, 9.17) is 16.3 Å². The molecule has 0 bridgehead atoms. The van der Waals surface area contributed by atoms with Gasteiger partial charge in [0.05, 0.1) is 17.8 Å². The van der Waals surface area contributed by atoms with Crippen molar-refractivity contribution >= 4 is 35.3 Å². The molecule has 0 aromatic carbocycles. The van der Waals surface area contributed by atoms with Gasteiger partial charge in [0.15, 0.2) is 0 Å². The summed E-state index contributed by atoms with van der Waals surface area (Å²) in [5.74, 6) is -2.61. The van der Waals surface area contributed by atoms with E-state index < -0.39 is 53.3 Å². The molecule has 2 aliphatic rings. The highest BCUT2D eigenvalue weighted by molar-refractivity contribution is 6.30. The van der Waals surface area contributed by atoms with Crippen molar-refractivity contribution in [3.8, 4) is 5.88 Å². The van der Waals surface area contributed by atoms with Gasteiger partial charge in [-0.25, -0.2) is 14.8 Å². The molecule has 2 fully saturated rings. The van der Waals surface area contributed by atoms with E-state index in [0.717, 1.165) is 32.1 Å². The Bertz CT molecular complexity index is 1270. The zero-order chi connectivity index (χ0) is 30.4. The summed E-state index contributed by atoms with van der Waals surface area (Å²) in [7, 11) is 0. The maximum atomic E-state index is 14.0. The van der Waals surface area contributed by atoms with Gasteiger partial charge in [0, 0.05) is 31.1 Å². The van der Waals surface area contributed by atoms with Gasteiger partial charge in [-0.2, -0.15) is 0 Å². The van der Waals surface area contributed by atoms with Crippen LogP contribution < -0.4 is 15.4 Å². The molecule has 4 atom stereocenters. The lowest BCUT2D eigenvalue weighted by molar-refractivity contribution is -0.151. The standard InChI is InChI=1S/C29H37ClN6O6/c1-29(2,3)24(27(39)36-16-19(13-21(36)28(40)41)42-22-10-9-18(30)14-33-22)35-26(38)23(17-7-5-4-6-8-17)34-25(37)20-15-31-11-12-32-20/h9-12,14-15,17,19,21,23-24H,4-8,13,16H2,1-3H3,(H,34,37)(H,35,38)(H,40,41)/t19-,21+,23+,24-/m1/s1. The third-order valence-corrected chi connectivity index (χ3v) is 7.93. The van der Waals surface area contributed by atoms with Crippen LogP contribution in [0.1, 0.15) is 69.8 Å². The van der Waals surface area contributed by atoms with E-state index in [2.05, 4.69) is 25.6 Å². The monoisotopic (exact) mass is 600 g/mol. The van der Waals surface area contributed by atoms with Crippen LogP contribution in [-0.4, -0.2) is 79.4 Å². The largest absolute Gasteiger partial charge is 0.480 e. The van der Waals surface area contributed by atoms with E-state index >= 15 is 0 Å². The Balaban J connectivity index is 1.54. The van der Waals surface area contributed by atoms with Gasteiger partial charge in [-0.15, -0.1) is 0 Å². The van der Waals surface area contributed by atoms with Gasteiger partial charge >= 0.3 is 5.97 Å². The second kappa shape index (κ2) is 13.5. The highest BCUT2D eigenvalue weighted by Gasteiger charge is 2.46. The lowest BCUT2D eigenvalue weighted by Gasteiger charge is -2.37. The predicted molar refractivity (Wildman–Crippen MR) is 153 cm³/mol. The van der Waals surface area contributed by atoms with Gasteiger partial charge in [0.25, 0.3) is 5.91 Å². The zero-order valence-corrected chi connectivity index (χ0v) is 24.7. The molecule has 226 valence electrons. The van der Waals surface area contributed by atoms with Crippen LogP contribution in [0.25, 0.3) is 0 Å². The van der Waals surface area contributed by atoms with Crippen LogP contribution in [-0.2, 0) is 14.4 Å². The van der Waals surface area contributed by atoms with Gasteiger partial charge in [0.2, 0.25) is 17.7 Å². The average molecular weight is 601 g/mol. The number of carbonyl (C=O) groups is 4. The molecule has 0 unspecified atom stereocenters. The normalized spacial score (nSPS) is 20.8. The van der Waals surface area contributed by atoms with Crippen molar-refractivity contribution in [3.63, 3.8) is 0 Å². The minimum Gasteiger partial charge on any atom is -0.480 e. The lowest BCUT2D eigenvalue weighted by atomic mass is 9.82. The molecule has 1 aliphatic heterocycles. The third-order valence-electron chi connectivity index (χ3n) is 7.70. The average Bonchev–Trinajstić information content (AvgIpc) is 3.40. The predicted octanol–water partition coefficient (Wildman–Crippen LogP) is 2.87. The Kier molecular flexibility index (Phi) is 9.97. The molecule has 0 radical (unpaired) electrons. The van der Waals surface area contributed by atoms with Gasteiger partial charge in [-0.05, 0) is 30.2 Å². The summed E-state index contributed by atoms with van der Waals surface area (Å²) in [6.45, 7) is 5.38. The van der Waals surface area contributed by atoms with Crippen molar-refractivity contribution in [2.45, 2.75) is 83.5 Å². The van der Waals surface area contributed by atoms with Gasteiger partial charge in [-0.1, -0.05) is 51.6 Å². The topological polar surface area (TPSA) is 164 Å². The maximum absolute atomic E-state index is 14.0. The number of carboxylic acid groups (broad SMARTS) is 1. The number of carbonyl (C=O) groups excluding carboxylic acids is 3. The summed E-state index contributed by atoms with van der Waals surface area (Å²) in [6, 6.07) is 0.0498. The minimum absolute atomic E-state index is 0.00196. The smallest absolute Gasteiger partial charge is 0.326 e. The molecule has 0 spiro atoms. The molecule has 3 N–H and O–H groups in total. The molecule has 1 saturated carbocycles. The number of ether oxygens (including phenoxy) is 1. The van der Waals surface area contributed by atoms with E-state index in [9.17, 15) is 24.3 Å². The van der Waals surface area contributed by atoms with Crippen molar-refractivity contribution < 1.29 is 29.0 Å². The maximum Gasteiger partial charge on any atom is 0.326 e. The molecule has 3 amide bonds. The molecule has 2 aromatic heterocycles. The molecule has 4 rings (SSSR count). The summed E-state index contributed by atoms with van der Waals surface area (Å²) in [4.78, 5) is 66.3. The van der Waals surface area contributed by atoms with E-state index in [1.807, 2.05) is 0 Å². The number of aliphatic carboxylic acids is 1. The Hall–Kier alpha value is -3.80. The van der Waals surface area contributed by atoms with Crippen molar-refractivity contribution in [1.82, 2.24) is 30.5 Å². The first-order valence-electron chi connectivity index (χ1n) is 14.1. The zero-order valence-electron chi connectivity index (χ0n) is 24.0. The Morgan fingerprint density at radius 1 is 1.05 bits per heavy atom. The van der Waals surface area contributed by atoms with Crippen molar-refractivity contribution in [2.75, 3.05) is 6.54 Å². The molecule has 1 aliphatic carbocycles. The second-order valence-corrected chi connectivity index (χ2v) is 12.3. The molecule has 3 heterocycles. The number of amides is 3. The van der Waals surface area contributed by atoms with Crippen LogP contribution in [0.3, 0.4) is 0 Å². The lowest BCUT2D eigenvalue weighted by Crippen LogP contribution is -2.61. The summed E-state index contributed by atoms with van der Waals surface area (Å²) in [6.07, 6.45) is 9.41. The fraction of sp³-hybridized carbons (Fsp3) is 0.552. The Morgan fingerprint density at radius 2 is 1.79 bits per heavy atom. The molecular formula is C29H37ClN6O6. The number of nitrogens with one attached hydrogen (secondary N) is 2. The van der Waals surface area contributed by atoms with E-state index in [0.29, 0.717) is 5.02 Å². The fourth-order valence-corrected chi connectivity index (χ4v) is 5.62. The van der Waals surface area contributed by atoms with Crippen LogP contribution in [0.15, 0.2) is 36.9 Å². The van der Waals surface area contributed by atoms with Crippen molar-refractivity contribution in [3.05, 3.63) is 47.6 Å². The summed E-state index contributed by atoms with van der Waals surface area (Å²) in [5, 5.41) is 16.1. The molecule has 42 heavy (non-hydrogen) atoms. The first-order chi connectivity index (χ1) is 19.9.